The largest absolute Gasteiger partial charge is 0.380 e. The first-order chi connectivity index (χ1) is 17.0. The molecule has 2 saturated heterocycles. The minimum absolute atomic E-state index is 0.108. The van der Waals surface area contributed by atoms with Crippen molar-refractivity contribution < 1.29 is 9.53 Å². The van der Waals surface area contributed by atoms with Gasteiger partial charge in [-0.15, -0.1) is 0 Å². The van der Waals surface area contributed by atoms with E-state index in [4.69, 9.17) is 4.74 Å². The number of carbonyl (C=O) groups is 1. The number of aromatic nitrogens is 1. The van der Waals surface area contributed by atoms with Crippen LogP contribution in [0.2, 0.25) is 0 Å². The molecule has 5 rings (SSSR count). The van der Waals surface area contributed by atoms with Crippen molar-refractivity contribution in [2.24, 2.45) is 0 Å². The Morgan fingerprint density at radius 2 is 1.91 bits per heavy atom. The van der Waals surface area contributed by atoms with Gasteiger partial charge in [-0.3, -0.25) is 14.5 Å². The van der Waals surface area contributed by atoms with E-state index in [0.717, 1.165) is 91.8 Å². The summed E-state index contributed by atoms with van der Waals surface area (Å²) in [6.07, 6.45) is 4.81. The zero-order valence-corrected chi connectivity index (χ0v) is 20.6. The lowest BCUT2D eigenvalue weighted by Crippen LogP contribution is -2.38. The minimum atomic E-state index is -0.121. The van der Waals surface area contributed by atoms with Crippen molar-refractivity contribution in [2.75, 3.05) is 43.5 Å². The van der Waals surface area contributed by atoms with E-state index in [1.807, 2.05) is 25.1 Å². The van der Waals surface area contributed by atoms with Gasteiger partial charge in [-0.2, -0.15) is 0 Å². The van der Waals surface area contributed by atoms with Crippen LogP contribution in [0.3, 0.4) is 0 Å². The average molecular weight is 475 g/mol. The summed E-state index contributed by atoms with van der Waals surface area (Å²) in [5.41, 5.74) is 5.10. The van der Waals surface area contributed by atoms with E-state index in [-0.39, 0.29) is 17.6 Å². The number of carbonyl (C=O) groups excluding carboxylic acids is 1. The van der Waals surface area contributed by atoms with Crippen molar-refractivity contribution in [2.45, 2.75) is 45.3 Å². The molecule has 7 nitrogen and oxygen atoms in total. The van der Waals surface area contributed by atoms with E-state index >= 15 is 0 Å². The van der Waals surface area contributed by atoms with Gasteiger partial charge in [0.25, 0.3) is 5.91 Å². The molecule has 2 fully saturated rings. The summed E-state index contributed by atoms with van der Waals surface area (Å²) in [4.78, 5) is 32.9. The molecule has 7 heteroatoms. The second kappa shape index (κ2) is 10.2. The lowest BCUT2D eigenvalue weighted by Gasteiger charge is -2.32. The number of H-pyrrole nitrogens is 1. The monoisotopic (exact) mass is 474 g/mol. The summed E-state index contributed by atoms with van der Waals surface area (Å²) in [5.74, 6) is -0.108. The number of rotatable bonds is 6. The van der Waals surface area contributed by atoms with Gasteiger partial charge in [0.1, 0.15) is 0 Å². The number of pyridine rings is 1. The number of benzene rings is 2. The van der Waals surface area contributed by atoms with Crippen molar-refractivity contribution >= 4 is 28.2 Å². The molecule has 2 aliphatic heterocycles. The SMILES string of the molecule is COC1CCCN(Cc2ccc(N3CCCC3)c(C(=O)Nc3ccc4[nH]c(=O)cc(C)c4c3)c2)C1. The smallest absolute Gasteiger partial charge is 0.257 e. The Labute approximate surface area is 206 Å². The molecule has 0 saturated carbocycles. The van der Waals surface area contributed by atoms with Gasteiger partial charge in [0, 0.05) is 61.6 Å². The van der Waals surface area contributed by atoms with Gasteiger partial charge in [-0.25, -0.2) is 0 Å². The molecule has 2 N–H and O–H groups in total. The van der Waals surface area contributed by atoms with Crippen LogP contribution in [0.15, 0.2) is 47.3 Å². The Balaban J connectivity index is 1.42. The maximum atomic E-state index is 13.6. The topological polar surface area (TPSA) is 77.7 Å². The highest BCUT2D eigenvalue weighted by molar-refractivity contribution is 6.09. The molecule has 0 spiro atoms. The van der Waals surface area contributed by atoms with Crippen LogP contribution in [0.5, 0.6) is 0 Å². The Kier molecular flexibility index (Phi) is 6.88. The van der Waals surface area contributed by atoms with Gasteiger partial charge in [0.15, 0.2) is 0 Å². The number of fused-ring (bicyclic) bond motifs is 1. The number of nitrogens with one attached hydrogen (secondary N) is 2. The molecule has 2 aliphatic rings. The van der Waals surface area contributed by atoms with E-state index in [9.17, 15) is 9.59 Å². The number of aromatic amines is 1. The number of ether oxygens (including phenoxy) is 1. The van der Waals surface area contributed by atoms with Gasteiger partial charge < -0.3 is 19.9 Å². The Morgan fingerprint density at radius 1 is 1.09 bits per heavy atom. The molecule has 0 aliphatic carbocycles. The van der Waals surface area contributed by atoms with Crippen LogP contribution in [0.25, 0.3) is 10.9 Å². The fourth-order valence-electron chi connectivity index (χ4n) is 5.40. The highest BCUT2D eigenvalue weighted by Gasteiger charge is 2.23. The van der Waals surface area contributed by atoms with E-state index in [2.05, 4.69) is 38.3 Å². The van der Waals surface area contributed by atoms with E-state index < -0.39 is 0 Å². The highest BCUT2D eigenvalue weighted by atomic mass is 16.5. The number of likely N-dealkylation sites (tertiary alicyclic amines) is 1. The second-order valence-corrected chi connectivity index (χ2v) is 9.81. The first-order valence-electron chi connectivity index (χ1n) is 12.6. The zero-order chi connectivity index (χ0) is 24.4. The summed E-state index contributed by atoms with van der Waals surface area (Å²) in [7, 11) is 1.79. The second-order valence-electron chi connectivity index (χ2n) is 9.81. The standard InChI is InChI=1S/C28H34N4O3/c1-19-14-27(33)30-25-9-8-21(16-23(19)25)29-28(34)24-15-20(7-10-26(24)32-12-3-4-13-32)17-31-11-5-6-22(18-31)35-2/h7-10,14-16,22H,3-6,11-13,17-18H2,1-2H3,(H,29,34)(H,30,33). The van der Waals surface area contributed by atoms with Crippen molar-refractivity contribution in [3.63, 3.8) is 0 Å². The van der Waals surface area contributed by atoms with Crippen LogP contribution < -0.4 is 15.8 Å². The fraction of sp³-hybridized carbons (Fsp3) is 0.429. The van der Waals surface area contributed by atoms with Crippen molar-refractivity contribution in [1.29, 1.82) is 0 Å². The molecular weight excluding hydrogens is 440 g/mol. The predicted molar refractivity (Wildman–Crippen MR) is 140 cm³/mol. The highest BCUT2D eigenvalue weighted by Crippen LogP contribution is 2.28. The molecule has 3 heterocycles. The summed E-state index contributed by atoms with van der Waals surface area (Å²) in [5, 5.41) is 4.04. The van der Waals surface area contributed by atoms with E-state index in [0.29, 0.717) is 5.56 Å². The van der Waals surface area contributed by atoms with Crippen LogP contribution in [0.1, 0.15) is 47.2 Å². The average Bonchev–Trinajstić information content (AvgIpc) is 3.39. The summed E-state index contributed by atoms with van der Waals surface area (Å²) in [6.45, 7) is 6.64. The van der Waals surface area contributed by atoms with Crippen LogP contribution in [0.4, 0.5) is 11.4 Å². The number of hydrogen-bond acceptors (Lipinski definition) is 5. The molecule has 3 aromatic rings. The predicted octanol–water partition coefficient (Wildman–Crippen LogP) is 4.30. The number of piperidine rings is 1. The van der Waals surface area contributed by atoms with Gasteiger partial charge in [0.05, 0.1) is 11.7 Å². The number of methoxy groups -OCH3 is 1. The zero-order valence-electron chi connectivity index (χ0n) is 20.6. The molecule has 1 aromatic heterocycles. The number of nitrogens with zero attached hydrogens (tertiary/aromatic N) is 2. The Morgan fingerprint density at radius 3 is 2.71 bits per heavy atom. The molecule has 184 valence electrons. The van der Waals surface area contributed by atoms with Gasteiger partial charge in [-0.05, 0) is 80.6 Å². The molecule has 1 atom stereocenters. The maximum absolute atomic E-state index is 13.6. The van der Waals surface area contributed by atoms with Crippen LogP contribution in [-0.2, 0) is 11.3 Å². The van der Waals surface area contributed by atoms with Crippen LogP contribution in [0, 0.1) is 6.92 Å². The first-order valence-corrected chi connectivity index (χ1v) is 12.6. The van der Waals surface area contributed by atoms with Crippen molar-refractivity contribution in [1.82, 2.24) is 9.88 Å². The van der Waals surface area contributed by atoms with Crippen LogP contribution in [-0.4, -0.2) is 55.2 Å². The van der Waals surface area contributed by atoms with Crippen LogP contribution >= 0.6 is 0 Å². The summed E-state index contributed by atoms with van der Waals surface area (Å²) >= 11 is 0. The fourth-order valence-corrected chi connectivity index (χ4v) is 5.40. The quantitative estimate of drug-likeness (QED) is 0.557. The van der Waals surface area contributed by atoms with Gasteiger partial charge in [-0.1, -0.05) is 6.07 Å². The molecule has 0 bridgehead atoms. The van der Waals surface area contributed by atoms with Crippen molar-refractivity contribution in [3.8, 4) is 0 Å². The molecule has 35 heavy (non-hydrogen) atoms. The van der Waals surface area contributed by atoms with E-state index in [1.165, 1.54) is 0 Å². The lowest BCUT2D eigenvalue weighted by atomic mass is 10.0. The third-order valence-corrected chi connectivity index (χ3v) is 7.26. The van der Waals surface area contributed by atoms with Gasteiger partial charge >= 0.3 is 0 Å². The Hall–Kier alpha value is -3.16. The van der Waals surface area contributed by atoms with E-state index in [1.54, 1.807) is 13.2 Å². The van der Waals surface area contributed by atoms with Gasteiger partial charge in [0.2, 0.25) is 5.56 Å². The lowest BCUT2D eigenvalue weighted by molar-refractivity contribution is 0.0285. The maximum Gasteiger partial charge on any atom is 0.257 e. The summed E-state index contributed by atoms with van der Waals surface area (Å²) < 4.78 is 5.59. The number of aryl methyl sites for hydroxylation is 1. The number of anilines is 2. The molecule has 0 radical (unpaired) electrons. The molecule has 1 amide bonds. The normalized spacial score (nSPS) is 18.8. The third-order valence-electron chi connectivity index (χ3n) is 7.26. The molecule has 1 unspecified atom stereocenters. The minimum Gasteiger partial charge on any atom is -0.380 e. The number of amides is 1. The molecule has 2 aromatic carbocycles. The molecular formula is C28H34N4O3. The number of hydrogen-bond donors (Lipinski definition) is 2. The van der Waals surface area contributed by atoms with Crippen molar-refractivity contribution in [3.05, 3.63) is 69.5 Å². The third kappa shape index (κ3) is 5.26. The Bertz CT molecular complexity index is 1280. The first kappa shape index (κ1) is 23.6. The summed E-state index contributed by atoms with van der Waals surface area (Å²) in [6, 6.07) is 13.5.